The highest BCUT2D eigenvalue weighted by Crippen LogP contribution is 2.22. The highest BCUT2D eigenvalue weighted by molar-refractivity contribution is 6.30. The number of nitrogens with zero attached hydrogens (tertiary/aromatic N) is 5. The molecule has 136 valence electrons. The van der Waals surface area contributed by atoms with E-state index in [-0.39, 0.29) is 12.6 Å². The third-order valence-electron chi connectivity index (χ3n) is 3.87. The average Bonchev–Trinajstić information content (AvgIpc) is 3.22. The Balaban J connectivity index is 1.60. The predicted molar refractivity (Wildman–Crippen MR) is 98.0 cm³/mol. The largest absolute Gasteiger partial charge is 0.471 e. The molecule has 0 aliphatic carbocycles. The summed E-state index contributed by atoms with van der Waals surface area (Å²) < 4.78 is 9.03. The zero-order valence-electron chi connectivity index (χ0n) is 14.9. The summed E-state index contributed by atoms with van der Waals surface area (Å²) in [7, 11) is 3.58. The molecule has 0 atom stereocenters. The molecule has 0 bridgehead atoms. The van der Waals surface area contributed by atoms with Crippen molar-refractivity contribution in [3.8, 4) is 5.75 Å². The van der Waals surface area contributed by atoms with Crippen LogP contribution in [0.15, 0.2) is 42.9 Å². The van der Waals surface area contributed by atoms with Crippen molar-refractivity contribution in [2.45, 2.75) is 20.2 Å². The van der Waals surface area contributed by atoms with Crippen molar-refractivity contribution >= 4 is 17.5 Å². The minimum atomic E-state index is -0.157. The summed E-state index contributed by atoms with van der Waals surface area (Å²) in [6.07, 6.45) is 5.34. The van der Waals surface area contributed by atoms with E-state index in [1.165, 1.54) is 0 Å². The van der Waals surface area contributed by atoms with Crippen LogP contribution in [0.2, 0.25) is 5.02 Å². The van der Waals surface area contributed by atoms with Gasteiger partial charge in [-0.2, -0.15) is 10.2 Å². The summed E-state index contributed by atoms with van der Waals surface area (Å²) in [6.45, 7) is 2.61. The third kappa shape index (κ3) is 4.23. The second-order valence-corrected chi connectivity index (χ2v) is 6.54. The van der Waals surface area contributed by atoms with E-state index in [1.54, 1.807) is 45.8 Å². The summed E-state index contributed by atoms with van der Waals surface area (Å²) in [6, 6.07) is 7.10. The van der Waals surface area contributed by atoms with Gasteiger partial charge in [0.05, 0.1) is 6.20 Å². The van der Waals surface area contributed by atoms with Gasteiger partial charge in [0.25, 0.3) is 5.91 Å². The summed E-state index contributed by atoms with van der Waals surface area (Å²) >= 11 is 5.94. The lowest BCUT2D eigenvalue weighted by Gasteiger charge is -2.14. The van der Waals surface area contributed by atoms with Gasteiger partial charge in [-0.05, 0) is 36.8 Å². The van der Waals surface area contributed by atoms with Crippen molar-refractivity contribution < 1.29 is 9.53 Å². The van der Waals surface area contributed by atoms with Gasteiger partial charge >= 0.3 is 0 Å². The number of hydrogen-bond donors (Lipinski definition) is 0. The second-order valence-electron chi connectivity index (χ2n) is 6.11. The summed E-state index contributed by atoms with van der Waals surface area (Å²) in [5, 5.41) is 9.06. The van der Waals surface area contributed by atoms with E-state index < -0.39 is 0 Å². The molecule has 1 amide bonds. The monoisotopic (exact) mass is 373 g/mol. The van der Waals surface area contributed by atoms with E-state index in [9.17, 15) is 4.79 Å². The number of aromatic nitrogens is 4. The number of benzene rings is 1. The van der Waals surface area contributed by atoms with E-state index in [1.807, 2.05) is 32.3 Å². The zero-order valence-corrected chi connectivity index (χ0v) is 15.6. The maximum absolute atomic E-state index is 12.5. The average molecular weight is 374 g/mol. The SMILES string of the molecule is Cc1cc(Cl)ccc1OCn1ccc(C(=O)N(C)Cc2cnn(C)c2)n1. The Morgan fingerprint density at radius 2 is 2.15 bits per heavy atom. The molecule has 8 heteroatoms. The molecule has 1 aromatic carbocycles. The Hall–Kier alpha value is -2.80. The fourth-order valence-electron chi connectivity index (χ4n) is 2.55. The topological polar surface area (TPSA) is 65.2 Å². The molecule has 0 radical (unpaired) electrons. The smallest absolute Gasteiger partial charge is 0.274 e. The molecule has 0 saturated heterocycles. The van der Waals surface area contributed by atoms with E-state index in [2.05, 4.69) is 10.2 Å². The first-order chi connectivity index (χ1) is 12.4. The van der Waals surface area contributed by atoms with Crippen LogP contribution in [-0.2, 0) is 20.3 Å². The standard InChI is InChI=1S/C18H20ClN5O2/c1-13-8-15(19)4-5-17(13)26-12-24-7-6-16(21-24)18(25)22(2)10-14-9-20-23(3)11-14/h4-9,11H,10,12H2,1-3H3. The van der Waals surface area contributed by atoms with E-state index in [0.717, 1.165) is 16.9 Å². The summed E-state index contributed by atoms with van der Waals surface area (Å²) in [4.78, 5) is 14.1. The van der Waals surface area contributed by atoms with Crippen LogP contribution in [0.4, 0.5) is 0 Å². The highest BCUT2D eigenvalue weighted by atomic mass is 35.5. The predicted octanol–water partition coefficient (Wildman–Crippen LogP) is 2.89. The lowest BCUT2D eigenvalue weighted by Crippen LogP contribution is -2.26. The van der Waals surface area contributed by atoms with Gasteiger partial charge in [-0.1, -0.05) is 11.6 Å². The van der Waals surface area contributed by atoms with Gasteiger partial charge in [-0.3, -0.25) is 9.48 Å². The summed E-state index contributed by atoms with van der Waals surface area (Å²) in [5.41, 5.74) is 2.27. The van der Waals surface area contributed by atoms with Crippen LogP contribution in [0.5, 0.6) is 5.75 Å². The molecule has 3 aromatic rings. The zero-order chi connectivity index (χ0) is 18.7. The molecule has 26 heavy (non-hydrogen) atoms. The third-order valence-corrected chi connectivity index (χ3v) is 4.11. The maximum Gasteiger partial charge on any atom is 0.274 e. The normalized spacial score (nSPS) is 10.8. The Morgan fingerprint density at radius 3 is 2.85 bits per heavy atom. The first kappa shape index (κ1) is 18.0. The number of ether oxygens (including phenoxy) is 1. The minimum Gasteiger partial charge on any atom is -0.471 e. The lowest BCUT2D eigenvalue weighted by atomic mass is 10.2. The van der Waals surface area contributed by atoms with Gasteiger partial charge in [0.15, 0.2) is 12.4 Å². The fourth-order valence-corrected chi connectivity index (χ4v) is 2.78. The van der Waals surface area contributed by atoms with E-state index in [0.29, 0.717) is 17.3 Å². The Kier molecular flexibility index (Phi) is 5.27. The molecule has 0 aliphatic rings. The van der Waals surface area contributed by atoms with E-state index >= 15 is 0 Å². The van der Waals surface area contributed by atoms with Gasteiger partial charge in [0.2, 0.25) is 0 Å². The Morgan fingerprint density at radius 1 is 1.35 bits per heavy atom. The van der Waals surface area contributed by atoms with Gasteiger partial charge in [0, 0.05) is 43.6 Å². The molecular weight excluding hydrogens is 354 g/mol. The molecular formula is C18H20ClN5O2. The van der Waals surface area contributed by atoms with Crippen molar-refractivity contribution in [2.75, 3.05) is 7.05 Å². The minimum absolute atomic E-state index is 0.157. The maximum atomic E-state index is 12.5. The van der Waals surface area contributed by atoms with Gasteiger partial charge in [-0.25, -0.2) is 4.68 Å². The first-order valence-electron chi connectivity index (χ1n) is 8.08. The number of halogens is 1. The quantitative estimate of drug-likeness (QED) is 0.666. The molecule has 7 nitrogen and oxygen atoms in total. The number of carbonyl (C=O) groups is 1. The van der Waals surface area contributed by atoms with Crippen molar-refractivity contribution in [1.29, 1.82) is 0 Å². The van der Waals surface area contributed by atoms with Crippen LogP contribution in [0, 0.1) is 6.92 Å². The van der Waals surface area contributed by atoms with Crippen molar-refractivity contribution in [2.24, 2.45) is 7.05 Å². The number of amides is 1. The molecule has 2 aromatic heterocycles. The van der Waals surface area contributed by atoms with Crippen LogP contribution in [-0.4, -0.2) is 37.4 Å². The Labute approximate surface area is 156 Å². The molecule has 3 rings (SSSR count). The first-order valence-corrected chi connectivity index (χ1v) is 8.45. The van der Waals surface area contributed by atoms with Gasteiger partial charge < -0.3 is 9.64 Å². The van der Waals surface area contributed by atoms with Gasteiger partial charge in [0.1, 0.15) is 5.75 Å². The van der Waals surface area contributed by atoms with Crippen LogP contribution in [0.3, 0.4) is 0 Å². The number of carbonyl (C=O) groups excluding carboxylic acids is 1. The molecule has 0 spiro atoms. The second kappa shape index (κ2) is 7.61. The van der Waals surface area contributed by atoms with E-state index in [4.69, 9.17) is 16.3 Å². The van der Waals surface area contributed by atoms with Crippen molar-refractivity contribution in [3.63, 3.8) is 0 Å². The molecule has 0 aliphatic heterocycles. The molecule has 0 fully saturated rings. The molecule has 0 N–H and O–H groups in total. The van der Waals surface area contributed by atoms with Crippen molar-refractivity contribution in [1.82, 2.24) is 24.5 Å². The number of rotatable bonds is 6. The van der Waals surface area contributed by atoms with Crippen LogP contribution < -0.4 is 4.74 Å². The molecule has 0 unspecified atom stereocenters. The molecule has 2 heterocycles. The Bertz CT molecular complexity index is 918. The highest BCUT2D eigenvalue weighted by Gasteiger charge is 2.16. The fraction of sp³-hybridized carbons (Fsp3) is 0.278. The van der Waals surface area contributed by atoms with Crippen molar-refractivity contribution in [3.05, 3.63) is 64.7 Å². The van der Waals surface area contributed by atoms with Crippen LogP contribution in [0.1, 0.15) is 21.6 Å². The number of aryl methyl sites for hydroxylation is 2. The number of hydrogen-bond acceptors (Lipinski definition) is 4. The van der Waals surface area contributed by atoms with Crippen LogP contribution in [0.25, 0.3) is 0 Å². The lowest BCUT2D eigenvalue weighted by molar-refractivity contribution is 0.0777. The van der Waals surface area contributed by atoms with Gasteiger partial charge in [-0.15, -0.1) is 0 Å². The molecule has 0 saturated carbocycles. The van der Waals surface area contributed by atoms with Crippen LogP contribution >= 0.6 is 11.6 Å². The summed E-state index contributed by atoms with van der Waals surface area (Å²) in [5.74, 6) is 0.571.